The summed E-state index contributed by atoms with van der Waals surface area (Å²) >= 11 is 0. The first-order valence-corrected chi connectivity index (χ1v) is 6.27. The molecular weight excluding hydrogens is 236 g/mol. The summed E-state index contributed by atoms with van der Waals surface area (Å²) < 4.78 is 2.09. The van der Waals surface area contributed by atoms with Crippen molar-refractivity contribution in [3.8, 4) is 0 Å². The van der Waals surface area contributed by atoms with E-state index in [1.165, 1.54) is 0 Å². The second-order valence-electron chi connectivity index (χ2n) is 4.77. The summed E-state index contributed by atoms with van der Waals surface area (Å²) in [5.41, 5.74) is 10.2. The lowest BCUT2D eigenvalue weighted by Crippen LogP contribution is -2.05. The van der Waals surface area contributed by atoms with E-state index in [9.17, 15) is 0 Å². The molecule has 96 valence electrons. The molecule has 0 aliphatic heterocycles. The van der Waals surface area contributed by atoms with Gasteiger partial charge in [-0.15, -0.1) is 0 Å². The van der Waals surface area contributed by atoms with Gasteiger partial charge in [0.15, 0.2) is 0 Å². The maximum atomic E-state index is 6.05. The van der Waals surface area contributed by atoms with Crippen molar-refractivity contribution in [3.05, 3.63) is 53.6 Å². The smallest absolute Gasteiger partial charge is 0.129 e. The van der Waals surface area contributed by atoms with Crippen molar-refractivity contribution >= 4 is 16.7 Å². The fourth-order valence-electron chi connectivity index (χ4n) is 2.19. The summed E-state index contributed by atoms with van der Waals surface area (Å²) in [5.74, 6) is 0.587. The molecule has 0 fully saturated rings. The van der Waals surface area contributed by atoms with Crippen molar-refractivity contribution in [2.24, 2.45) is 0 Å². The number of nitrogens with two attached hydrogens (primary N) is 1. The first kappa shape index (κ1) is 11.7. The number of para-hydroxylation sites is 1. The van der Waals surface area contributed by atoms with E-state index in [1.54, 1.807) is 0 Å². The van der Waals surface area contributed by atoms with Crippen molar-refractivity contribution in [2.45, 2.75) is 20.4 Å². The SMILES string of the molecule is Cc1ncn(Cc2cc3ccccc3nc2N)c1C. The average Bonchev–Trinajstić information content (AvgIpc) is 2.71. The molecule has 0 spiro atoms. The summed E-state index contributed by atoms with van der Waals surface area (Å²) in [6.07, 6.45) is 1.85. The molecule has 3 aromatic rings. The molecule has 3 rings (SSSR count). The third-order valence-corrected chi connectivity index (χ3v) is 3.52. The van der Waals surface area contributed by atoms with Gasteiger partial charge in [-0.2, -0.15) is 0 Å². The van der Waals surface area contributed by atoms with Crippen molar-refractivity contribution < 1.29 is 0 Å². The lowest BCUT2D eigenvalue weighted by Gasteiger charge is -2.09. The van der Waals surface area contributed by atoms with Gasteiger partial charge in [-0.1, -0.05) is 18.2 Å². The predicted molar refractivity (Wildman–Crippen MR) is 77.0 cm³/mol. The third kappa shape index (κ3) is 2.05. The zero-order valence-corrected chi connectivity index (χ0v) is 11.1. The van der Waals surface area contributed by atoms with Gasteiger partial charge in [-0.25, -0.2) is 9.97 Å². The highest BCUT2D eigenvalue weighted by atomic mass is 15.1. The largest absolute Gasteiger partial charge is 0.383 e. The molecule has 4 nitrogen and oxygen atoms in total. The Bertz CT molecular complexity index is 743. The minimum absolute atomic E-state index is 0.587. The fourth-order valence-corrected chi connectivity index (χ4v) is 2.19. The van der Waals surface area contributed by atoms with Gasteiger partial charge in [-0.05, 0) is 26.0 Å². The zero-order chi connectivity index (χ0) is 13.4. The van der Waals surface area contributed by atoms with Gasteiger partial charge in [0.1, 0.15) is 5.82 Å². The van der Waals surface area contributed by atoms with Crippen LogP contribution in [-0.2, 0) is 6.54 Å². The molecule has 0 saturated carbocycles. The topological polar surface area (TPSA) is 56.7 Å². The van der Waals surface area contributed by atoms with E-state index in [2.05, 4.69) is 33.6 Å². The number of fused-ring (bicyclic) bond motifs is 1. The summed E-state index contributed by atoms with van der Waals surface area (Å²) in [6.45, 7) is 4.77. The predicted octanol–water partition coefficient (Wildman–Crippen LogP) is 2.68. The third-order valence-electron chi connectivity index (χ3n) is 3.52. The van der Waals surface area contributed by atoms with Crippen LogP contribution in [0.4, 0.5) is 5.82 Å². The van der Waals surface area contributed by atoms with Crippen LogP contribution in [0.15, 0.2) is 36.7 Å². The molecule has 0 radical (unpaired) electrons. The van der Waals surface area contributed by atoms with Crippen LogP contribution in [0.5, 0.6) is 0 Å². The van der Waals surface area contributed by atoms with Crippen LogP contribution in [0, 0.1) is 13.8 Å². The van der Waals surface area contributed by atoms with Gasteiger partial charge in [0, 0.05) is 16.6 Å². The van der Waals surface area contributed by atoms with Crippen molar-refractivity contribution in [1.29, 1.82) is 0 Å². The second kappa shape index (κ2) is 4.39. The Balaban J connectivity index is 2.05. The highest BCUT2D eigenvalue weighted by molar-refractivity contribution is 5.81. The number of pyridine rings is 1. The Kier molecular flexibility index (Phi) is 2.71. The minimum atomic E-state index is 0.587. The molecule has 0 bridgehead atoms. The van der Waals surface area contributed by atoms with E-state index in [4.69, 9.17) is 5.73 Å². The number of nitrogen functional groups attached to an aromatic ring is 1. The van der Waals surface area contributed by atoms with Gasteiger partial charge in [0.05, 0.1) is 24.1 Å². The molecule has 0 saturated heterocycles. The van der Waals surface area contributed by atoms with E-state index in [1.807, 2.05) is 31.5 Å². The van der Waals surface area contributed by atoms with Crippen LogP contribution in [0.2, 0.25) is 0 Å². The quantitative estimate of drug-likeness (QED) is 0.763. The molecule has 0 amide bonds. The molecule has 2 aromatic heterocycles. The molecule has 19 heavy (non-hydrogen) atoms. The van der Waals surface area contributed by atoms with Gasteiger partial charge in [0.25, 0.3) is 0 Å². The standard InChI is InChI=1S/C15H16N4/c1-10-11(2)19(9-17-10)8-13-7-12-5-3-4-6-14(12)18-15(13)16/h3-7,9H,8H2,1-2H3,(H2,16,18). The van der Waals surface area contributed by atoms with Crippen LogP contribution in [0.3, 0.4) is 0 Å². The molecular formula is C15H16N4. The van der Waals surface area contributed by atoms with Crippen molar-refractivity contribution in [3.63, 3.8) is 0 Å². The Morgan fingerprint density at radius 3 is 2.74 bits per heavy atom. The highest BCUT2D eigenvalue weighted by Gasteiger charge is 2.07. The van der Waals surface area contributed by atoms with E-state index in [0.717, 1.165) is 27.9 Å². The maximum Gasteiger partial charge on any atom is 0.129 e. The summed E-state index contributed by atoms with van der Waals surface area (Å²) in [5, 5.41) is 1.11. The van der Waals surface area contributed by atoms with Crippen LogP contribution in [-0.4, -0.2) is 14.5 Å². The van der Waals surface area contributed by atoms with Crippen LogP contribution < -0.4 is 5.73 Å². The molecule has 0 atom stereocenters. The Labute approximate surface area is 111 Å². The monoisotopic (exact) mass is 252 g/mol. The van der Waals surface area contributed by atoms with Gasteiger partial charge < -0.3 is 10.3 Å². The Morgan fingerprint density at radius 1 is 1.21 bits per heavy atom. The Morgan fingerprint density at radius 2 is 2.00 bits per heavy atom. The fraction of sp³-hybridized carbons (Fsp3) is 0.200. The van der Waals surface area contributed by atoms with E-state index < -0.39 is 0 Å². The molecule has 0 aliphatic carbocycles. The van der Waals surface area contributed by atoms with E-state index in [-0.39, 0.29) is 0 Å². The molecule has 4 heteroatoms. The summed E-state index contributed by atoms with van der Waals surface area (Å²) in [4.78, 5) is 8.76. The molecule has 2 N–H and O–H groups in total. The van der Waals surface area contributed by atoms with E-state index >= 15 is 0 Å². The molecule has 0 aliphatic rings. The lowest BCUT2D eigenvalue weighted by atomic mass is 10.1. The normalized spacial score (nSPS) is 11.1. The average molecular weight is 252 g/mol. The number of hydrogen-bond acceptors (Lipinski definition) is 3. The lowest BCUT2D eigenvalue weighted by molar-refractivity contribution is 0.769. The van der Waals surface area contributed by atoms with Gasteiger partial charge in [-0.3, -0.25) is 0 Å². The number of nitrogens with zero attached hydrogens (tertiary/aromatic N) is 3. The zero-order valence-electron chi connectivity index (χ0n) is 11.1. The molecule has 2 heterocycles. The Hall–Kier alpha value is -2.36. The summed E-state index contributed by atoms with van der Waals surface area (Å²) in [7, 11) is 0. The van der Waals surface area contributed by atoms with Crippen molar-refractivity contribution in [2.75, 3.05) is 5.73 Å². The van der Waals surface area contributed by atoms with Crippen LogP contribution >= 0.6 is 0 Å². The molecule has 1 aromatic carbocycles. The number of aryl methyl sites for hydroxylation is 1. The first-order chi connectivity index (χ1) is 9.15. The van der Waals surface area contributed by atoms with Crippen LogP contribution in [0.25, 0.3) is 10.9 Å². The maximum absolute atomic E-state index is 6.05. The number of aromatic nitrogens is 3. The van der Waals surface area contributed by atoms with Crippen molar-refractivity contribution in [1.82, 2.24) is 14.5 Å². The summed E-state index contributed by atoms with van der Waals surface area (Å²) in [6, 6.07) is 10.1. The number of benzene rings is 1. The number of hydrogen-bond donors (Lipinski definition) is 1. The molecule has 0 unspecified atom stereocenters. The van der Waals surface area contributed by atoms with Gasteiger partial charge in [0.2, 0.25) is 0 Å². The number of rotatable bonds is 2. The van der Waals surface area contributed by atoms with Crippen LogP contribution in [0.1, 0.15) is 17.0 Å². The minimum Gasteiger partial charge on any atom is -0.383 e. The first-order valence-electron chi connectivity index (χ1n) is 6.27. The second-order valence-corrected chi connectivity index (χ2v) is 4.77. The number of anilines is 1. The van der Waals surface area contributed by atoms with E-state index in [0.29, 0.717) is 12.4 Å². The highest BCUT2D eigenvalue weighted by Crippen LogP contribution is 2.20. The number of imidazole rings is 1. The van der Waals surface area contributed by atoms with Gasteiger partial charge >= 0.3 is 0 Å².